The molecular formula is C15H28N4. The van der Waals surface area contributed by atoms with Gasteiger partial charge in [-0.2, -0.15) is 0 Å². The molecule has 1 rings (SSSR count). The highest BCUT2D eigenvalue weighted by atomic mass is 15.2. The van der Waals surface area contributed by atoms with E-state index in [9.17, 15) is 0 Å². The van der Waals surface area contributed by atoms with E-state index in [1.807, 2.05) is 0 Å². The molecule has 0 fully saturated rings. The second kappa shape index (κ2) is 8.73. The smallest absolute Gasteiger partial charge is 0.134 e. The van der Waals surface area contributed by atoms with Crippen LogP contribution in [-0.2, 0) is 0 Å². The third-order valence-electron chi connectivity index (χ3n) is 3.38. The van der Waals surface area contributed by atoms with Crippen LogP contribution in [0.2, 0.25) is 0 Å². The Morgan fingerprint density at radius 1 is 1.21 bits per heavy atom. The van der Waals surface area contributed by atoms with E-state index in [4.69, 9.17) is 0 Å². The molecule has 108 valence electrons. The first-order chi connectivity index (χ1) is 9.22. The van der Waals surface area contributed by atoms with Gasteiger partial charge in [0.15, 0.2) is 0 Å². The van der Waals surface area contributed by atoms with E-state index in [-0.39, 0.29) is 0 Å². The van der Waals surface area contributed by atoms with Gasteiger partial charge in [0, 0.05) is 25.2 Å². The second-order valence-electron chi connectivity index (χ2n) is 4.99. The number of rotatable bonds is 9. The maximum absolute atomic E-state index is 4.44. The minimum absolute atomic E-state index is 0.514. The predicted octanol–water partition coefficient (Wildman–Crippen LogP) is 3.70. The Hall–Kier alpha value is -1.32. The lowest BCUT2D eigenvalue weighted by Crippen LogP contribution is -2.34. The zero-order valence-electron chi connectivity index (χ0n) is 12.8. The summed E-state index contributed by atoms with van der Waals surface area (Å²) in [5.41, 5.74) is 0. The van der Waals surface area contributed by atoms with Gasteiger partial charge in [-0.3, -0.25) is 0 Å². The van der Waals surface area contributed by atoms with Crippen LogP contribution in [0.1, 0.15) is 53.4 Å². The van der Waals surface area contributed by atoms with Crippen molar-refractivity contribution in [3.8, 4) is 0 Å². The van der Waals surface area contributed by atoms with E-state index in [1.165, 1.54) is 12.8 Å². The van der Waals surface area contributed by atoms with Crippen LogP contribution >= 0.6 is 0 Å². The topological polar surface area (TPSA) is 41.0 Å². The monoisotopic (exact) mass is 264 g/mol. The molecule has 1 aromatic rings. The van der Waals surface area contributed by atoms with E-state index >= 15 is 0 Å². The molecule has 1 aromatic heterocycles. The van der Waals surface area contributed by atoms with Gasteiger partial charge >= 0.3 is 0 Å². The molecule has 0 saturated carbocycles. The van der Waals surface area contributed by atoms with Crippen molar-refractivity contribution in [3.05, 3.63) is 12.4 Å². The summed E-state index contributed by atoms with van der Waals surface area (Å²) in [5.74, 6) is 1.97. The molecule has 19 heavy (non-hydrogen) atoms. The summed E-state index contributed by atoms with van der Waals surface area (Å²) >= 11 is 0. The van der Waals surface area contributed by atoms with Crippen molar-refractivity contribution in [2.45, 2.75) is 59.4 Å². The molecule has 0 bridgehead atoms. The Morgan fingerprint density at radius 2 is 2.00 bits per heavy atom. The molecule has 1 heterocycles. The van der Waals surface area contributed by atoms with Crippen LogP contribution in [0.4, 0.5) is 11.6 Å². The average molecular weight is 264 g/mol. The van der Waals surface area contributed by atoms with Gasteiger partial charge in [-0.15, -0.1) is 0 Å². The van der Waals surface area contributed by atoms with Crippen molar-refractivity contribution in [2.24, 2.45) is 0 Å². The summed E-state index contributed by atoms with van der Waals surface area (Å²) in [6, 6.07) is 2.58. The number of nitrogens with zero attached hydrogens (tertiary/aromatic N) is 3. The zero-order chi connectivity index (χ0) is 14.1. The molecular weight excluding hydrogens is 236 g/mol. The summed E-state index contributed by atoms with van der Waals surface area (Å²) < 4.78 is 0. The van der Waals surface area contributed by atoms with Crippen molar-refractivity contribution in [3.63, 3.8) is 0 Å². The van der Waals surface area contributed by atoms with Gasteiger partial charge < -0.3 is 10.2 Å². The molecule has 0 saturated heterocycles. The van der Waals surface area contributed by atoms with Gasteiger partial charge in [-0.25, -0.2) is 9.97 Å². The Labute approximate surface area is 117 Å². The first kappa shape index (κ1) is 15.7. The summed E-state index contributed by atoms with van der Waals surface area (Å²) in [7, 11) is 0. The number of nitrogens with one attached hydrogen (secondary N) is 1. The highest BCUT2D eigenvalue weighted by Crippen LogP contribution is 2.19. The van der Waals surface area contributed by atoms with Gasteiger partial charge in [0.25, 0.3) is 0 Å². The average Bonchev–Trinajstić information content (AvgIpc) is 2.45. The van der Waals surface area contributed by atoms with E-state index in [2.05, 4.69) is 53.9 Å². The molecule has 0 radical (unpaired) electrons. The van der Waals surface area contributed by atoms with E-state index in [1.54, 1.807) is 6.33 Å². The van der Waals surface area contributed by atoms with Crippen LogP contribution in [0.3, 0.4) is 0 Å². The summed E-state index contributed by atoms with van der Waals surface area (Å²) in [5, 5.41) is 3.32. The fourth-order valence-corrected chi connectivity index (χ4v) is 1.96. The summed E-state index contributed by atoms with van der Waals surface area (Å²) in [6.45, 7) is 10.9. The molecule has 0 amide bonds. The van der Waals surface area contributed by atoms with Crippen LogP contribution in [0.15, 0.2) is 12.4 Å². The van der Waals surface area contributed by atoms with Crippen molar-refractivity contribution in [1.82, 2.24) is 9.97 Å². The predicted molar refractivity (Wildman–Crippen MR) is 82.8 cm³/mol. The third kappa shape index (κ3) is 5.05. The molecule has 4 nitrogen and oxygen atoms in total. The van der Waals surface area contributed by atoms with Crippen LogP contribution in [0.5, 0.6) is 0 Å². The summed E-state index contributed by atoms with van der Waals surface area (Å²) in [6.07, 6.45) is 6.30. The molecule has 0 aliphatic carbocycles. The maximum atomic E-state index is 4.44. The number of hydrogen-bond donors (Lipinski definition) is 1. The molecule has 0 spiro atoms. The minimum Gasteiger partial charge on any atom is -0.370 e. The Morgan fingerprint density at radius 3 is 2.63 bits per heavy atom. The van der Waals surface area contributed by atoms with Gasteiger partial charge in [0.05, 0.1) is 0 Å². The lowest BCUT2D eigenvalue weighted by atomic mass is 10.2. The standard InChI is InChI=1S/C15H28N4/c1-5-8-10-19(13(4)7-3)15-11-14(16-9-6-2)17-12-18-15/h11-13H,5-10H2,1-4H3,(H,16,17,18). The maximum Gasteiger partial charge on any atom is 0.134 e. The Kier molecular flexibility index (Phi) is 7.23. The quantitative estimate of drug-likeness (QED) is 0.738. The van der Waals surface area contributed by atoms with Crippen molar-refractivity contribution >= 4 is 11.6 Å². The Balaban J connectivity index is 2.81. The SMILES string of the molecule is CCCCN(c1cc(NCCC)ncn1)C(C)CC. The molecule has 0 aliphatic heterocycles. The van der Waals surface area contributed by atoms with Gasteiger partial charge in [-0.1, -0.05) is 27.2 Å². The highest BCUT2D eigenvalue weighted by molar-refractivity contribution is 5.49. The molecule has 1 atom stereocenters. The fraction of sp³-hybridized carbons (Fsp3) is 0.733. The second-order valence-corrected chi connectivity index (χ2v) is 4.99. The van der Waals surface area contributed by atoms with Crippen LogP contribution in [0, 0.1) is 0 Å². The fourth-order valence-electron chi connectivity index (χ4n) is 1.96. The zero-order valence-corrected chi connectivity index (χ0v) is 12.8. The largest absolute Gasteiger partial charge is 0.370 e. The van der Waals surface area contributed by atoms with E-state index in [0.29, 0.717) is 6.04 Å². The van der Waals surface area contributed by atoms with Crippen LogP contribution in [0.25, 0.3) is 0 Å². The van der Waals surface area contributed by atoms with Crippen LogP contribution < -0.4 is 10.2 Å². The van der Waals surface area contributed by atoms with Gasteiger partial charge in [0.1, 0.15) is 18.0 Å². The first-order valence-corrected chi connectivity index (χ1v) is 7.55. The molecule has 1 unspecified atom stereocenters. The van der Waals surface area contributed by atoms with Crippen molar-refractivity contribution in [1.29, 1.82) is 0 Å². The Bertz CT molecular complexity index is 354. The first-order valence-electron chi connectivity index (χ1n) is 7.55. The van der Waals surface area contributed by atoms with Gasteiger partial charge in [0.2, 0.25) is 0 Å². The number of anilines is 2. The lowest BCUT2D eigenvalue weighted by Gasteiger charge is -2.29. The third-order valence-corrected chi connectivity index (χ3v) is 3.38. The molecule has 4 heteroatoms. The molecule has 1 N–H and O–H groups in total. The molecule has 0 aromatic carbocycles. The highest BCUT2D eigenvalue weighted by Gasteiger charge is 2.14. The minimum atomic E-state index is 0.514. The number of aromatic nitrogens is 2. The molecule has 0 aliphatic rings. The number of hydrogen-bond acceptors (Lipinski definition) is 4. The van der Waals surface area contributed by atoms with Crippen molar-refractivity contribution in [2.75, 3.05) is 23.3 Å². The van der Waals surface area contributed by atoms with Crippen molar-refractivity contribution < 1.29 is 0 Å². The summed E-state index contributed by atoms with van der Waals surface area (Å²) in [4.78, 5) is 11.1. The van der Waals surface area contributed by atoms with E-state index in [0.717, 1.165) is 37.6 Å². The van der Waals surface area contributed by atoms with E-state index < -0.39 is 0 Å². The normalized spacial score (nSPS) is 12.2. The van der Waals surface area contributed by atoms with Crippen LogP contribution in [-0.4, -0.2) is 29.1 Å². The van der Waals surface area contributed by atoms with Gasteiger partial charge in [-0.05, 0) is 26.2 Å². The lowest BCUT2D eigenvalue weighted by molar-refractivity contribution is 0.589. The number of unbranched alkanes of at least 4 members (excludes halogenated alkanes) is 1.